The van der Waals surface area contributed by atoms with Gasteiger partial charge in [-0.1, -0.05) is 78.9 Å². The van der Waals surface area contributed by atoms with Crippen LogP contribution in [0.25, 0.3) is 0 Å². The molecule has 4 heteroatoms. The first-order chi connectivity index (χ1) is 15.7. The second-order valence-corrected chi connectivity index (χ2v) is 8.35. The lowest BCUT2D eigenvalue weighted by Gasteiger charge is -2.08. The molecule has 2 heterocycles. The van der Waals surface area contributed by atoms with Gasteiger partial charge in [-0.3, -0.25) is 4.79 Å². The molecule has 0 bridgehead atoms. The predicted octanol–water partition coefficient (Wildman–Crippen LogP) is 6.87. The number of carbonyl (C=O) groups is 1. The Morgan fingerprint density at radius 1 is 0.531 bits per heavy atom. The number of benzene rings is 4. The number of Topliss-reactive ketones (excluding diaryl/α,β-unsaturated/α-hetero) is 1. The van der Waals surface area contributed by atoms with Crippen molar-refractivity contribution in [2.75, 3.05) is 10.6 Å². The Balaban J connectivity index is 0.000000135. The molecule has 6 rings (SSSR count). The maximum atomic E-state index is 12.0. The summed E-state index contributed by atoms with van der Waals surface area (Å²) in [4.78, 5) is 13.0. The van der Waals surface area contributed by atoms with E-state index in [1.807, 2.05) is 66.7 Å². The van der Waals surface area contributed by atoms with Gasteiger partial charge in [-0.05, 0) is 41.5 Å². The molecule has 156 valence electrons. The molecule has 4 aromatic rings. The van der Waals surface area contributed by atoms with Gasteiger partial charge in [0.2, 0.25) is 0 Å². The predicted molar refractivity (Wildman–Crippen MR) is 136 cm³/mol. The number of nitrogens with one attached hydrogen (secondary N) is 2. The zero-order valence-corrected chi connectivity index (χ0v) is 18.3. The van der Waals surface area contributed by atoms with Crippen molar-refractivity contribution in [1.82, 2.24) is 0 Å². The average molecular weight is 435 g/mol. The molecule has 2 aliphatic heterocycles. The minimum absolute atomic E-state index is 0.174. The molecule has 0 aliphatic carbocycles. The van der Waals surface area contributed by atoms with Gasteiger partial charge in [0.15, 0.2) is 5.78 Å². The highest BCUT2D eigenvalue weighted by Crippen LogP contribution is 2.30. The Morgan fingerprint density at radius 3 is 1.59 bits per heavy atom. The number of thiocarbonyl (C=S) groups is 1. The number of hydrogen-bond donors (Lipinski definition) is 2. The molecular formula is C28H22N2OS. The molecule has 0 unspecified atom stereocenters. The molecule has 0 atom stereocenters. The monoisotopic (exact) mass is 434 g/mol. The van der Waals surface area contributed by atoms with E-state index in [0.29, 0.717) is 6.42 Å². The molecule has 0 radical (unpaired) electrons. The van der Waals surface area contributed by atoms with Crippen LogP contribution in [0.15, 0.2) is 97.1 Å². The highest BCUT2D eigenvalue weighted by atomic mass is 32.1. The lowest BCUT2D eigenvalue weighted by Crippen LogP contribution is -2.01. The van der Waals surface area contributed by atoms with E-state index in [4.69, 9.17) is 12.2 Å². The number of para-hydroxylation sites is 4. The summed E-state index contributed by atoms with van der Waals surface area (Å²) in [5.41, 5.74) is 8.45. The van der Waals surface area contributed by atoms with Crippen LogP contribution in [-0.4, -0.2) is 10.6 Å². The van der Waals surface area contributed by atoms with E-state index in [9.17, 15) is 4.79 Å². The van der Waals surface area contributed by atoms with Gasteiger partial charge >= 0.3 is 0 Å². The third kappa shape index (κ3) is 4.05. The lowest BCUT2D eigenvalue weighted by atomic mass is 10.0. The van der Waals surface area contributed by atoms with Crippen molar-refractivity contribution in [1.29, 1.82) is 0 Å². The largest absolute Gasteiger partial charge is 0.355 e. The summed E-state index contributed by atoms with van der Waals surface area (Å²) in [6.07, 6.45) is 1.32. The van der Waals surface area contributed by atoms with E-state index < -0.39 is 0 Å². The van der Waals surface area contributed by atoms with Gasteiger partial charge in [-0.15, -0.1) is 0 Å². The second-order valence-electron chi connectivity index (χ2n) is 7.86. The first kappa shape index (κ1) is 20.2. The van der Waals surface area contributed by atoms with Crippen LogP contribution in [0.1, 0.15) is 27.0 Å². The van der Waals surface area contributed by atoms with E-state index in [2.05, 4.69) is 41.0 Å². The van der Waals surface area contributed by atoms with Crippen molar-refractivity contribution in [3.63, 3.8) is 0 Å². The summed E-state index contributed by atoms with van der Waals surface area (Å²) in [6.45, 7) is 0. The van der Waals surface area contributed by atoms with Crippen LogP contribution >= 0.6 is 12.2 Å². The van der Waals surface area contributed by atoms with Crippen LogP contribution in [0.2, 0.25) is 0 Å². The number of fused-ring (bicyclic) bond motifs is 4. The molecule has 3 nitrogen and oxygen atoms in total. The zero-order chi connectivity index (χ0) is 21.9. The van der Waals surface area contributed by atoms with Crippen molar-refractivity contribution in [2.45, 2.75) is 12.8 Å². The minimum atomic E-state index is 0.174. The van der Waals surface area contributed by atoms with Crippen LogP contribution in [0.5, 0.6) is 0 Å². The smallest absolute Gasteiger partial charge is 0.169 e. The molecule has 0 spiro atoms. The highest BCUT2D eigenvalue weighted by Gasteiger charge is 2.18. The summed E-state index contributed by atoms with van der Waals surface area (Å²) in [6, 6.07) is 32.1. The van der Waals surface area contributed by atoms with Gasteiger partial charge in [-0.2, -0.15) is 0 Å². The average Bonchev–Trinajstić information content (AvgIpc) is 3.06. The van der Waals surface area contributed by atoms with Gasteiger partial charge in [0.1, 0.15) is 0 Å². The molecule has 0 aromatic heterocycles. The van der Waals surface area contributed by atoms with Gasteiger partial charge < -0.3 is 10.6 Å². The maximum absolute atomic E-state index is 12.0. The summed E-state index contributed by atoms with van der Waals surface area (Å²) in [7, 11) is 0. The summed E-state index contributed by atoms with van der Waals surface area (Å²) in [5, 5.41) is 6.76. The van der Waals surface area contributed by atoms with Crippen LogP contribution in [0, 0.1) is 0 Å². The Hall–Kier alpha value is -3.76. The van der Waals surface area contributed by atoms with Crippen LogP contribution in [0.4, 0.5) is 22.7 Å². The summed E-state index contributed by atoms with van der Waals surface area (Å²) < 4.78 is 0. The number of rotatable bonds is 0. The van der Waals surface area contributed by atoms with E-state index in [1.165, 1.54) is 5.56 Å². The van der Waals surface area contributed by atoms with Crippen LogP contribution in [-0.2, 0) is 12.8 Å². The number of hydrogen-bond acceptors (Lipinski definition) is 4. The van der Waals surface area contributed by atoms with Gasteiger partial charge in [-0.25, -0.2) is 0 Å². The summed E-state index contributed by atoms with van der Waals surface area (Å²) >= 11 is 5.48. The Labute approximate surface area is 193 Å². The molecule has 0 fully saturated rings. The van der Waals surface area contributed by atoms with Crippen LogP contribution in [0.3, 0.4) is 0 Å². The highest BCUT2D eigenvalue weighted by molar-refractivity contribution is 7.80. The van der Waals surface area contributed by atoms with E-state index in [-0.39, 0.29) is 5.78 Å². The lowest BCUT2D eigenvalue weighted by molar-refractivity contribution is 0.0994. The number of ketones is 1. The Kier molecular flexibility index (Phi) is 5.53. The van der Waals surface area contributed by atoms with E-state index in [1.54, 1.807) is 0 Å². The normalized spacial score (nSPS) is 13.4. The third-order valence-electron chi connectivity index (χ3n) is 5.73. The van der Waals surface area contributed by atoms with Gasteiger partial charge in [0.05, 0.1) is 0 Å². The first-order valence-electron chi connectivity index (χ1n) is 10.6. The standard InChI is InChI=1S/C14H11NO.C14H11NS/c2*16-14-9-10-5-1-3-7-12(10)15-13-8-4-2-6-11(13)14/h2*1-8,15H,9H2. The zero-order valence-electron chi connectivity index (χ0n) is 17.5. The summed E-state index contributed by atoms with van der Waals surface area (Å²) in [5.74, 6) is 0.174. The number of carbonyl (C=O) groups excluding carboxylic acids is 1. The molecule has 2 N–H and O–H groups in total. The minimum Gasteiger partial charge on any atom is -0.355 e. The SMILES string of the molecule is O=C1Cc2ccccc2Nc2ccccc21.S=C1Cc2ccccc2Nc2ccccc21. The first-order valence-corrected chi connectivity index (χ1v) is 11.0. The van der Waals surface area contributed by atoms with E-state index in [0.717, 1.165) is 50.7 Å². The molecular weight excluding hydrogens is 412 g/mol. The second kappa shape index (κ2) is 8.77. The molecule has 0 amide bonds. The fraction of sp³-hybridized carbons (Fsp3) is 0.0714. The van der Waals surface area contributed by atoms with Crippen molar-refractivity contribution in [3.05, 3.63) is 119 Å². The molecule has 32 heavy (non-hydrogen) atoms. The molecule has 4 aromatic carbocycles. The van der Waals surface area contributed by atoms with Crippen molar-refractivity contribution in [2.24, 2.45) is 0 Å². The van der Waals surface area contributed by atoms with Crippen LogP contribution < -0.4 is 10.6 Å². The fourth-order valence-corrected chi connectivity index (χ4v) is 4.42. The van der Waals surface area contributed by atoms with Gasteiger partial charge in [0.25, 0.3) is 0 Å². The molecule has 0 saturated heterocycles. The number of anilines is 4. The van der Waals surface area contributed by atoms with Gasteiger partial charge in [0, 0.05) is 51.6 Å². The Morgan fingerprint density at radius 2 is 0.969 bits per heavy atom. The van der Waals surface area contributed by atoms with E-state index >= 15 is 0 Å². The topological polar surface area (TPSA) is 41.1 Å². The van der Waals surface area contributed by atoms with Crippen molar-refractivity contribution < 1.29 is 4.79 Å². The van der Waals surface area contributed by atoms with Crippen molar-refractivity contribution in [3.8, 4) is 0 Å². The Bertz CT molecular complexity index is 1230. The quantitative estimate of drug-likeness (QED) is 0.296. The molecule has 0 saturated carbocycles. The fourth-order valence-electron chi connectivity index (χ4n) is 4.09. The third-order valence-corrected chi connectivity index (χ3v) is 6.09. The molecule has 2 aliphatic rings. The van der Waals surface area contributed by atoms with Crippen molar-refractivity contribution >= 4 is 45.6 Å². The maximum Gasteiger partial charge on any atom is 0.169 e.